The van der Waals surface area contributed by atoms with Gasteiger partial charge in [-0.25, -0.2) is 4.79 Å². The van der Waals surface area contributed by atoms with Gasteiger partial charge in [-0.15, -0.1) is 0 Å². The molecule has 0 bridgehead atoms. The van der Waals surface area contributed by atoms with E-state index in [4.69, 9.17) is 14.9 Å². The van der Waals surface area contributed by atoms with Crippen molar-refractivity contribution in [1.29, 1.82) is 0 Å². The van der Waals surface area contributed by atoms with E-state index in [9.17, 15) is 4.79 Å². The molecule has 1 aliphatic heterocycles. The fourth-order valence-electron chi connectivity index (χ4n) is 1.05. The molecule has 1 heterocycles. The number of aliphatic hydroxyl groups excluding tert-OH is 1. The van der Waals surface area contributed by atoms with Crippen LogP contribution in [0.1, 0.15) is 6.42 Å². The summed E-state index contributed by atoms with van der Waals surface area (Å²) in [6.07, 6.45) is -1.27. The van der Waals surface area contributed by atoms with Crippen LogP contribution in [0.2, 0.25) is 0 Å². The Morgan fingerprint density at radius 2 is 2.36 bits per heavy atom. The standard InChI is InChI=1S/C6H11NO4/c8-5-3-11-2-1-4(5)7-6(9)10/h4-5,7-8H,1-3H2,(H,9,10)/t4-,5+/m1/s1. The minimum atomic E-state index is -1.10. The zero-order valence-corrected chi connectivity index (χ0v) is 5.99. The summed E-state index contributed by atoms with van der Waals surface area (Å²) in [5.41, 5.74) is 0. The Kier molecular flexibility index (Phi) is 2.67. The maximum Gasteiger partial charge on any atom is 0.404 e. The Balaban J connectivity index is 2.35. The van der Waals surface area contributed by atoms with Crippen molar-refractivity contribution in [2.45, 2.75) is 18.6 Å². The normalized spacial score (nSPS) is 31.4. The number of aliphatic hydroxyl groups is 1. The van der Waals surface area contributed by atoms with Crippen LogP contribution in [0.4, 0.5) is 4.79 Å². The highest BCUT2D eigenvalue weighted by molar-refractivity contribution is 5.64. The highest BCUT2D eigenvalue weighted by Gasteiger charge is 2.24. The predicted octanol–water partition coefficient (Wildman–Crippen LogP) is -0.596. The van der Waals surface area contributed by atoms with E-state index in [0.29, 0.717) is 13.0 Å². The maximum atomic E-state index is 10.2. The van der Waals surface area contributed by atoms with E-state index >= 15 is 0 Å². The molecule has 64 valence electrons. The fraction of sp³-hybridized carbons (Fsp3) is 0.833. The molecule has 1 rings (SSSR count). The topological polar surface area (TPSA) is 78.8 Å². The van der Waals surface area contributed by atoms with E-state index in [2.05, 4.69) is 5.32 Å². The third-order valence-corrected chi connectivity index (χ3v) is 1.64. The molecule has 1 amide bonds. The Labute approximate surface area is 64.0 Å². The second-order valence-corrected chi connectivity index (χ2v) is 2.49. The quantitative estimate of drug-likeness (QED) is 0.480. The molecule has 5 nitrogen and oxygen atoms in total. The second-order valence-electron chi connectivity index (χ2n) is 2.49. The first kappa shape index (κ1) is 8.29. The Hall–Kier alpha value is -0.810. The third kappa shape index (κ3) is 2.36. The van der Waals surface area contributed by atoms with Gasteiger partial charge in [-0.05, 0) is 6.42 Å². The van der Waals surface area contributed by atoms with E-state index in [-0.39, 0.29) is 12.6 Å². The van der Waals surface area contributed by atoms with Crippen molar-refractivity contribution in [3.63, 3.8) is 0 Å². The van der Waals surface area contributed by atoms with E-state index in [0.717, 1.165) is 0 Å². The van der Waals surface area contributed by atoms with Crippen LogP contribution in [0.5, 0.6) is 0 Å². The monoisotopic (exact) mass is 161 g/mol. The first-order valence-electron chi connectivity index (χ1n) is 3.45. The van der Waals surface area contributed by atoms with Gasteiger partial charge in [-0.3, -0.25) is 0 Å². The summed E-state index contributed by atoms with van der Waals surface area (Å²) in [6, 6.07) is -0.374. The van der Waals surface area contributed by atoms with Crippen LogP contribution in [0.15, 0.2) is 0 Å². The molecular formula is C6H11NO4. The zero-order chi connectivity index (χ0) is 8.27. The summed E-state index contributed by atoms with van der Waals surface area (Å²) in [6.45, 7) is 0.715. The lowest BCUT2D eigenvalue weighted by atomic mass is 10.1. The summed E-state index contributed by atoms with van der Waals surface area (Å²) < 4.78 is 4.91. The molecule has 0 aromatic carbocycles. The number of rotatable bonds is 1. The smallest absolute Gasteiger partial charge is 0.404 e. The first-order chi connectivity index (χ1) is 5.20. The molecule has 2 atom stereocenters. The van der Waals surface area contributed by atoms with Gasteiger partial charge in [0.1, 0.15) is 0 Å². The molecule has 0 aliphatic carbocycles. The van der Waals surface area contributed by atoms with Crippen molar-refractivity contribution in [3.8, 4) is 0 Å². The van der Waals surface area contributed by atoms with Crippen molar-refractivity contribution in [2.24, 2.45) is 0 Å². The van der Waals surface area contributed by atoms with Crippen LogP contribution >= 0.6 is 0 Å². The summed E-state index contributed by atoms with van der Waals surface area (Å²) in [5, 5.41) is 19.7. The van der Waals surface area contributed by atoms with Crippen LogP contribution in [0, 0.1) is 0 Å². The SMILES string of the molecule is O=C(O)N[C@@H]1CCOC[C@@H]1O. The van der Waals surface area contributed by atoms with Crippen molar-refractivity contribution in [2.75, 3.05) is 13.2 Å². The lowest BCUT2D eigenvalue weighted by Gasteiger charge is -2.27. The Morgan fingerprint density at radius 3 is 2.91 bits per heavy atom. The predicted molar refractivity (Wildman–Crippen MR) is 36.4 cm³/mol. The minimum absolute atomic E-state index is 0.213. The first-order valence-corrected chi connectivity index (χ1v) is 3.45. The number of carboxylic acid groups (broad SMARTS) is 1. The fourth-order valence-corrected chi connectivity index (χ4v) is 1.05. The molecule has 1 aliphatic rings. The lowest BCUT2D eigenvalue weighted by molar-refractivity contribution is -0.0262. The number of nitrogens with one attached hydrogen (secondary N) is 1. The molecule has 5 heteroatoms. The van der Waals surface area contributed by atoms with Crippen molar-refractivity contribution in [3.05, 3.63) is 0 Å². The average Bonchev–Trinajstić information content (AvgIpc) is 1.93. The van der Waals surface area contributed by atoms with Crippen LogP contribution in [-0.4, -0.2) is 41.7 Å². The number of hydrogen-bond donors (Lipinski definition) is 3. The van der Waals surface area contributed by atoms with Gasteiger partial charge >= 0.3 is 6.09 Å². The average molecular weight is 161 g/mol. The number of ether oxygens (including phenoxy) is 1. The van der Waals surface area contributed by atoms with Gasteiger partial charge < -0.3 is 20.3 Å². The molecule has 0 aromatic heterocycles. The Bertz CT molecular complexity index is 150. The third-order valence-electron chi connectivity index (χ3n) is 1.64. The van der Waals surface area contributed by atoms with Gasteiger partial charge in [-0.2, -0.15) is 0 Å². The number of carbonyl (C=O) groups is 1. The highest BCUT2D eigenvalue weighted by atomic mass is 16.5. The van der Waals surface area contributed by atoms with Gasteiger partial charge in [0.25, 0.3) is 0 Å². The summed E-state index contributed by atoms with van der Waals surface area (Å²) in [7, 11) is 0. The van der Waals surface area contributed by atoms with E-state index < -0.39 is 12.2 Å². The molecule has 1 saturated heterocycles. The molecule has 0 aromatic rings. The van der Waals surface area contributed by atoms with E-state index in [1.54, 1.807) is 0 Å². The highest BCUT2D eigenvalue weighted by Crippen LogP contribution is 2.06. The molecule has 0 unspecified atom stereocenters. The maximum absolute atomic E-state index is 10.2. The van der Waals surface area contributed by atoms with Gasteiger partial charge in [-0.1, -0.05) is 0 Å². The van der Waals surface area contributed by atoms with Crippen LogP contribution in [0.3, 0.4) is 0 Å². The van der Waals surface area contributed by atoms with Crippen molar-refractivity contribution < 1.29 is 19.7 Å². The van der Waals surface area contributed by atoms with Crippen molar-refractivity contribution >= 4 is 6.09 Å². The van der Waals surface area contributed by atoms with Gasteiger partial charge in [0.05, 0.1) is 18.8 Å². The van der Waals surface area contributed by atoms with Gasteiger partial charge in [0.2, 0.25) is 0 Å². The summed E-state index contributed by atoms with van der Waals surface area (Å²) in [4.78, 5) is 10.2. The number of hydrogen-bond acceptors (Lipinski definition) is 3. The minimum Gasteiger partial charge on any atom is -0.465 e. The summed E-state index contributed by atoms with van der Waals surface area (Å²) in [5.74, 6) is 0. The van der Waals surface area contributed by atoms with Gasteiger partial charge in [0, 0.05) is 6.61 Å². The summed E-state index contributed by atoms with van der Waals surface area (Å²) >= 11 is 0. The zero-order valence-electron chi connectivity index (χ0n) is 5.99. The van der Waals surface area contributed by atoms with Crippen LogP contribution < -0.4 is 5.32 Å². The van der Waals surface area contributed by atoms with Crippen LogP contribution in [0.25, 0.3) is 0 Å². The largest absolute Gasteiger partial charge is 0.465 e. The molecular weight excluding hydrogens is 150 g/mol. The molecule has 3 N–H and O–H groups in total. The van der Waals surface area contributed by atoms with E-state index in [1.165, 1.54) is 0 Å². The molecule has 0 saturated carbocycles. The van der Waals surface area contributed by atoms with Gasteiger partial charge in [0.15, 0.2) is 0 Å². The Morgan fingerprint density at radius 1 is 1.64 bits per heavy atom. The number of amides is 1. The van der Waals surface area contributed by atoms with E-state index in [1.807, 2.05) is 0 Å². The second kappa shape index (κ2) is 3.54. The van der Waals surface area contributed by atoms with Crippen LogP contribution in [-0.2, 0) is 4.74 Å². The van der Waals surface area contributed by atoms with Crippen molar-refractivity contribution in [1.82, 2.24) is 5.32 Å². The molecule has 1 fully saturated rings. The molecule has 11 heavy (non-hydrogen) atoms. The lowest BCUT2D eigenvalue weighted by Crippen LogP contribution is -2.48. The molecule has 0 radical (unpaired) electrons. The molecule has 0 spiro atoms.